The van der Waals surface area contributed by atoms with Gasteiger partial charge in [0, 0.05) is 12.2 Å². The van der Waals surface area contributed by atoms with Crippen LogP contribution in [0.2, 0.25) is 0 Å². The van der Waals surface area contributed by atoms with E-state index in [4.69, 9.17) is 15.2 Å². The van der Waals surface area contributed by atoms with E-state index in [1.165, 1.54) is 4.57 Å². The number of H-pyrrole nitrogens is 1. The zero-order valence-corrected chi connectivity index (χ0v) is 17.9. The molecule has 9 nitrogen and oxygen atoms in total. The van der Waals surface area contributed by atoms with Crippen LogP contribution >= 0.6 is 0 Å². The van der Waals surface area contributed by atoms with Gasteiger partial charge in [-0.25, -0.2) is 14.8 Å². The molecule has 0 bridgehead atoms. The number of aromatic nitrogens is 4. The Hall–Kier alpha value is -3.98. The number of benzene rings is 2. The summed E-state index contributed by atoms with van der Waals surface area (Å²) >= 11 is 0. The standard InChI is InChI=1S/C24H23N5O4/c25-21(30)19-20-23(29(24(31)27-20)13-18-7-4-12-32-18)28-22(26-19)16-8-10-17(11-9-16)33-14-15-5-2-1-3-6-15/h1-3,5-6,8-11,18H,4,7,12-14H2,(H2,25,30)(H,27,31). The molecular weight excluding hydrogens is 422 g/mol. The number of nitrogens with two attached hydrogens (primary N) is 1. The number of fused-ring (bicyclic) bond motifs is 1. The first kappa shape index (κ1) is 20.9. The van der Waals surface area contributed by atoms with Gasteiger partial charge in [0.05, 0.1) is 12.6 Å². The van der Waals surface area contributed by atoms with Gasteiger partial charge in [-0.2, -0.15) is 0 Å². The van der Waals surface area contributed by atoms with Crippen LogP contribution in [-0.4, -0.2) is 38.1 Å². The van der Waals surface area contributed by atoms with Crippen molar-refractivity contribution >= 4 is 17.1 Å². The monoisotopic (exact) mass is 445 g/mol. The van der Waals surface area contributed by atoms with Gasteiger partial charge in [-0.3, -0.25) is 9.36 Å². The summed E-state index contributed by atoms with van der Waals surface area (Å²) in [6.45, 7) is 1.47. The third kappa shape index (κ3) is 4.35. The van der Waals surface area contributed by atoms with E-state index in [1.54, 1.807) is 12.1 Å². The molecule has 2 aromatic carbocycles. The number of hydrogen-bond acceptors (Lipinski definition) is 6. The summed E-state index contributed by atoms with van der Waals surface area (Å²) in [5.41, 5.74) is 7.47. The fraction of sp³-hybridized carbons (Fsp3) is 0.250. The van der Waals surface area contributed by atoms with Crippen LogP contribution in [0.3, 0.4) is 0 Å². The Morgan fingerprint density at radius 3 is 2.64 bits per heavy atom. The summed E-state index contributed by atoms with van der Waals surface area (Å²) in [6, 6.07) is 17.1. The lowest BCUT2D eigenvalue weighted by Gasteiger charge is -2.11. The molecule has 1 fully saturated rings. The van der Waals surface area contributed by atoms with Crippen molar-refractivity contribution in [3.05, 3.63) is 76.3 Å². The van der Waals surface area contributed by atoms with Gasteiger partial charge in [0.2, 0.25) is 0 Å². The maximum absolute atomic E-state index is 12.6. The second-order valence-electron chi connectivity index (χ2n) is 7.93. The van der Waals surface area contributed by atoms with Gasteiger partial charge in [-0.15, -0.1) is 0 Å². The van der Waals surface area contributed by atoms with Crippen molar-refractivity contribution < 1.29 is 14.3 Å². The van der Waals surface area contributed by atoms with E-state index in [9.17, 15) is 9.59 Å². The van der Waals surface area contributed by atoms with Crippen LogP contribution in [0, 0.1) is 0 Å². The molecule has 1 amide bonds. The SMILES string of the molecule is NC(=O)c1nc(-c2ccc(OCc3ccccc3)cc2)nc2c1[nH]c(=O)n2CC1CCCO1. The summed E-state index contributed by atoms with van der Waals surface area (Å²) in [6.07, 6.45) is 1.75. The van der Waals surface area contributed by atoms with Gasteiger partial charge in [0.25, 0.3) is 5.91 Å². The molecule has 168 valence electrons. The average Bonchev–Trinajstić information content (AvgIpc) is 3.46. The van der Waals surface area contributed by atoms with E-state index >= 15 is 0 Å². The number of aromatic amines is 1. The minimum atomic E-state index is -0.739. The van der Waals surface area contributed by atoms with Crippen LogP contribution in [0.4, 0.5) is 0 Å². The maximum atomic E-state index is 12.6. The second-order valence-corrected chi connectivity index (χ2v) is 7.93. The molecule has 9 heteroatoms. The van der Waals surface area contributed by atoms with E-state index in [0.29, 0.717) is 42.5 Å². The second kappa shape index (κ2) is 8.87. The quantitative estimate of drug-likeness (QED) is 0.451. The highest BCUT2D eigenvalue weighted by Crippen LogP contribution is 2.24. The Kier molecular flexibility index (Phi) is 5.62. The van der Waals surface area contributed by atoms with Crippen LogP contribution in [0.25, 0.3) is 22.6 Å². The van der Waals surface area contributed by atoms with Crippen molar-refractivity contribution in [1.29, 1.82) is 0 Å². The van der Waals surface area contributed by atoms with E-state index in [2.05, 4.69) is 15.0 Å². The molecule has 2 aromatic heterocycles. The lowest BCUT2D eigenvalue weighted by molar-refractivity contribution is 0.0970. The summed E-state index contributed by atoms with van der Waals surface area (Å²) in [5, 5.41) is 0. The Labute approximate surface area is 189 Å². The molecule has 1 unspecified atom stereocenters. The fourth-order valence-electron chi connectivity index (χ4n) is 3.94. The minimum absolute atomic E-state index is 0.0254. The third-order valence-electron chi connectivity index (χ3n) is 5.63. The predicted molar refractivity (Wildman–Crippen MR) is 122 cm³/mol. The third-order valence-corrected chi connectivity index (χ3v) is 5.63. The van der Waals surface area contributed by atoms with E-state index in [-0.39, 0.29) is 23.0 Å². The highest BCUT2D eigenvalue weighted by molar-refractivity contribution is 6.01. The largest absolute Gasteiger partial charge is 0.489 e. The first-order valence-corrected chi connectivity index (χ1v) is 10.8. The summed E-state index contributed by atoms with van der Waals surface area (Å²) in [5.74, 6) is 0.249. The molecule has 0 radical (unpaired) electrons. The molecule has 4 aromatic rings. The Morgan fingerprint density at radius 1 is 1.15 bits per heavy atom. The number of imidazole rings is 1. The first-order chi connectivity index (χ1) is 16.1. The normalized spacial score (nSPS) is 15.7. The molecule has 1 saturated heterocycles. The molecule has 1 atom stereocenters. The van der Waals surface area contributed by atoms with Crippen LogP contribution < -0.4 is 16.2 Å². The molecule has 3 N–H and O–H groups in total. The Balaban J connectivity index is 1.46. The molecule has 1 aliphatic heterocycles. The summed E-state index contributed by atoms with van der Waals surface area (Å²) < 4.78 is 13.0. The number of carbonyl (C=O) groups is 1. The molecule has 0 saturated carbocycles. The van der Waals surface area contributed by atoms with Crippen molar-refractivity contribution in [3.63, 3.8) is 0 Å². The topological polar surface area (TPSA) is 125 Å². The van der Waals surface area contributed by atoms with Crippen molar-refractivity contribution in [1.82, 2.24) is 19.5 Å². The summed E-state index contributed by atoms with van der Waals surface area (Å²) in [7, 11) is 0. The van der Waals surface area contributed by atoms with Gasteiger partial charge in [0.1, 0.15) is 17.9 Å². The van der Waals surface area contributed by atoms with Gasteiger partial charge in [-0.1, -0.05) is 30.3 Å². The zero-order valence-electron chi connectivity index (χ0n) is 17.9. The van der Waals surface area contributed by atoms with Crippen LogP contribution in [0.5, 0.6) is 5.75 Å². The van der Waals surface area contributed by atoms with Crippen molar-refractivity contribution in [2.45, 2.75) is 32.1 Å². The highest BCUT2D eigenvalue weighted by atomic mass is 16.5. The summed E-state index contributed by atoms with van der Waals surface area (Å²) in [4.78, 5) is 36.3. The van der Waals surface area contributed by atoms with Gasteiger partial charge < -0.3 is 20.2 Å². The predicted octanol–water partition coefficient (Wildman–Crippen LogP) is 2.64. The van der Waals surface area contributed by atoms with Crippen molar-refractivity contribution in [3.8, 4) is 17.1 Å². The van der Waals surface area contributed by atoms with Gasteiger partial charge >= 0.3 is 5.69 Å². The number of nitrogens with one attached hydrogen (secondary N) is 1. The zero-order chi connectivity index (χ0) is 22.8. The number of carbonyl (C=O) groups excluding carboxylic acids is 1. The number of amides is 1. The Bertz CT molecular complexity index is 1340. The van der Waals surface area contributed by atoms with E-state index < -0.39 is 5.91 Å². The van der Waals surface area contributed by atoms with Crippen molar-refractivity contribution in [2.75, 3.05) is 6.61 Å². The Morgan fingerprint density at radius 2 is 1.94 bits per heavy atom. The lowest BCUT2D eigenvalue weighted by atomic mass is 10.2. The molecule has 0 aliphatic carbocycles. The highest BCUT2D eigenvalue weighted by Gasteiger charge is 2.23. The number of primary amides is 1. The smallest absolute Gasteiger partial charge is 0.327 e. The molecular formula is C24H23N5O4. The number of rotatable bonds is 7. The van der Waals surface area contributed by atoms with Gasteiger partial charge in [0.15, 0.2) is 17.2 Å². The molecule has 0 spiro atoms. The van der Waals surface area contributed by atoms with Gasteiger partial charge in [-0.05, 0) is 42.7 Å². The van der Waals surface area contributed by atoms with Crippen LogP contribution in [0.1, 0.15) is 28.9 Å². The van der Waals surface area contributed by atoms with Crippen molar-refractivity contribution in [2.24, 2.45) is 5.73 Å². The molecule has 5 rings (SSSR count). The number of ether oxygens (including phenoxy) is 2. The fourth-order valence-corrected chi connectivity index (χ4v) is 3.94. The van der Waals surface area contributed by atoms with Crippen LogP contribution in [0.15, 0.2) is 59.4 Å². The number of hydrogen-bond donors (Lipinski definition) is 2. The average molecular weight is 445 g/mol. The molecule has 33 heavy (non-hydrogen) atoms. The molecule has 3 heterocycles. The minimum Gasteiger partial charge on any atom is -0.489 e. The van der Waals surface area contributed by atoms with Crippen LogP contribution in [-0.2, 0) is 17.9 Å². The number of nitrogens with zero attached hydrogens (tertiary/aromatic N) is 3. The molecule has 1 aliphatic rings. The first-order valence-electron chi connectivity index (χ1n) is 10.8. The van der Waals surface area contributed by atoms with E-state index in [1.807, 2.05) is 42.5 Å². The van der Waals surface area contributed by atoms with E-state index in [0.717, 1.165) is 18.4 Å². The maximum Gasteiger partial charge on any atom is 0.327 e. The lowest BCUT2D eigenvalue weighted by Crippen LogP contribution is -2.24.